The van der Waals surface area contributed by atoms with Crippen LogP contribution in [0.4, 0.5) is 0 Å². The standard InChI is InChI=1S/C15H26N2/c1-4-5-6-7-8-11-14(16-3)15-13(2)10-9-12-17-15/h9-10,12,14,16H,4-8,11H2,1-3H3. The summed E-state index contributed by atoms with van der Waals surface area (Å²) >= 11 is 0. The molecule has 17 heavy (non-hydrogen) atoms. The van der Waals surface area contributed by atoms with Gasteiger partial charge in [-0.1, -0.05) is 45.1 Å². The molecule has 2 nitrogen and oxygen atoms in total. The second-order valence-corrected chi connectivity index (χ2v) is 4.75. The fourth-order valence-electron chi connectivity index (χ4n) is 2.23. The lowest BCUT2D eigenvalue weighted by Gasteiger charge is -2.17. The average molecular weight is 234 g/mol. The molecule has 0 amide bonds. The van der Waals surface area contributed by atoms with Crippen molar-refractivity contribution < 1.29 is 0 Å². The summed E-state index contributed by atoms with van der Waals surface area (Å²) in [7, 11) is 2.03. The highest BCUT2D eigenvalue weighted by Crippen LogP contribution is 2.20. The molecule has 1 unspecified atom stereocenters. The number of hydrogen-bond acceptors (Lipinski definition) is 2. The van der Waals surface area contributed by atoms with E-state index >= 15 is 0 Å². The van der Waals surface area contributed by atoms with Gasteiger partial charge in [-0.15, -0.1) is 0 Å². The maximum absolute atomic E-state index is 4.50. The molecule has 0 aliphatic heterocycles. The highest BCUT2D eigenvalue weighted by Gasteiger charge is 2.11. The summed E-state index contributed by atoms with van der Waals surface area (Å²) in [5.41, 5.74) is 2.51. The molecule has 0 aliphatic rings. The second kappa shape index (κ2) is 8.24. The van der Waals surface area contributed by atoms with Gasteiger partial charge in [-0.3, -0.25) is 4.98 Å². The van der Waals surface area contributed by atoms with Gasteiger partial charge in [0.25, 0.3) is 0 Å². The Morgan fingerprint density at radius 1 is 1.24 bits per heavy atom. The second-order valence-electron chi connectivity index (χ2n) is 4.75. The minimum absolute atomic E-state index is 0.415. The van der Waals surface area contributed by atoms with Crippen LogP contribution in [0, 0.1) is 6.92 Å². The topological polar surface area (TPSA) is 24.9 Å². The Kier molecular flexibility index (Phi) is 6.87. The number of hydrogen-bond donors (Lipinski definition) is 1. The van der Waals surface area contributed by atoms with Crippen molar-refractivity contribution in [2.75, 3.05) is 7.05 Å². The van der Waals surface area contributed by atoms with Crippen LogP contribution in [0.15, 0.2) is 18.3 Å². The quantitative estimate of drug-likeness (QED) is 0.687. The van der Waals surface area contributed by atoms with Crippen molar-refractivity contribution in [1.82, 2.24) is 10.3 Å². The maximum Gasteiger partial charge on any atom is 0.0602 e. The number of aryl methyl sites for hydroxylation is 1. The molecule has 0 aliphatic carbocycles. The molecule has 1 aromatic heterocycles. The first-order chi connectivity index (χ1) is 8.29. The first-order valence-corrected chi connectivity index (χ1v) is 6.88. The lowest BCUT2D eigenvalue weighted by atomic mass is 10.0. The summed E-state index contributed by atoms with van der Waals surface area (Å²) in [4.78, 5) is 4.50. The summed E-state index contributed by atoms with van der Waals surface area (Å²) in [5, 5.41) is 3.39. The van der Waals surface area contributed by atoms with Gasteiger partial charge in [0.1, 0.15) is 0 Å². The van der Waals surface area contributed by atoms with Crippen molar-refractivity contribution in [2.24, 2.45) is 0 Å². The van der Waals surface area contributed by atoms with Crippen molar-refractivity contribution in [3.8, 4) is 0 Å². The zero-order chi connectivity index (χ0) is 12.5. The Labute approximate surface area is 106 Å². The average Bonchev–Trinajstić information content (AvgIpc) is 2.35. The van der Waals surface area contributed by atoms with Crippen LogP contribution < -0.4 is 5.32 Å². The molecule has 0 aromatic carbocycles. The molecule has 2 heteroatoms. The van der Waals surface area contributed by atoms with Gasteiger partial charge in [-0.25, -0.2) is 0 Å². The van der Waals surface area contributed by atoms with E-state index in [2.05, 4.69) is 30.2 Å². The van der Waals surface area contributed by atoms with E-state index < -0.39 is 0 Å². The molecule has 0 saturated carbocycles. The van der Waals surface area contributed by atoms with Gasteiger partial charge in [0.2, 0.25) is 0 Å². The van der Waals surface area contributed by atoms with Gasteiger partial charge in [0.15, 0.2) is 0 Å². The zero-order valence-corrected chi connectivity index (χ0v) is 11.5. The molecule has 0 fully saturated rings. The van der Waals surface area contributed by atoms with Gasteiger partial charge in [-0.05, 0) is 32.0 Å². The Hall–Kier alpha value is -0.890. The lowest BCUT2D eigenvalue weighted by Crippen LogP contribution is -2.18. The Bertz CT molecular complexity index is 310. The van der Waals surface area contributed by atoms with Crippen molar-refractivity contribution in [2.45, 2.75) is 58.4 Å². The van der Waals surface area contributed by atoms with Crippen LogP contribution in [-0.4, -0.2) is 12.0 Å². The Morgan fingerprint density at radius 2 is 2.00 bits per heavy atom. The Morgan fingerprint density at radius 3 is 2.65 bits per heavy atom. The highest BCUT2D eigenvalue weighted by atomic mass is 14.9. The van der Waals surface area contributed by atoms with Crippen LogP contribution in [0.25, 0.3) is 0 Å². The van der Waals surface area contributed by atoms with Crippen molar-refractivity contribution in [1.29, 1.82) is 0 Å². The van der Waals surface area contributed by atoms with Crippen LogP contribution >= 0.6 is 0 Å². The summed E-state index contributed by atoms with van der Waals surface area (Å²) in [6, 6.07) is 4.56. The normalized spacial score (nSPS) is 12.6. The first-order valence-electron chi connectivity index (χ1n) is 6.88. The number of aromatic nitrogens is 1. The summed E-state index contributed by atoms with van der Waals surface area (Å²) in [6.45, 7) is 4.40. The van der Waals surface area contributed by atoms with Gasteiger partial charge in [0.05, 0.1) is 5.69 Å². The monoisotopic (exact) mass is 234 g/mol. The predicted molar refractivity (Wildman–Crippen MR) is 74.2 cm³/mol. The van der Waals surface area contributed by atoms with Crippen LogP contribution in [-0.2, 0) is 0 Å². The largest absolute Gasteiger partial charge is 0.312 e. The minimum atomic E-state index is 0.415. The molecule has 1 aromatic rings. The molecule has 0 radical (unpaired) electrons. The predicted octanol–water partition coefficient (Wildman–Crippen LogP) is 4.01. The molecule has 1 heterocycles. The van der Waals surface area contributed by atoms with Crippen LogP contribution in [0.2, 0.25) is 0 Å². The summed E-state index contributed by atoms with van der Waals surface area (Å²) < 4.78 is 0. The third-order valence-electron chi connectivity index (χ3n) is 3.32. The van der Waals surface area contributed by atoms with E-state index in [1.54, 1.807) is 0 Å². The van der Waals surface area contributed by atoms with E-state index in [1.807, 2.05) is 19.3 Å². The third kappa shape index (κ3) is 4.86. The van der Waals surface area contributed by atoms with E-state index in [0.29, 0.717) is 6.04 Å². The van der Waals surface area contributed by atoms with Crippen LogP contribution in [0.3, 0.4) is 0 Å². The fraction of sp³-hybridized carbons (Fsp3) is 0.667. The number of unbranched alkanes of at least 4 members (excludes halogenated alkanes) is 4. The molecule has 0 saturated heterocycles. The van der Waals surface area contributed by atoms with E-state index in [-0.39, 0.29) is 0 Å². The van der Waals surface area contributed by atoms with E-state index in [1.165, 1.54) is 49.8 Å². The molecule has 0 bridgehead atoms. The zero-order valence-electron chi connectivity index (χ0n) is 11.5. The minimum Gasteiger partial charge on any atom is -0.312 e. The highest BCUT2D eigenvalue weighted by molar-refractivity contribution is 5.20. The molecule has 0 spiro atoms. The first kappa shape index (κ1) is 14.2. The molecular weight excluding hydrogens is 208 g/mol. The molecular formula is C15H26N2. The van der Waals surface area contributed by atoms with Gasteiger partial charge < -0.3 is 5.32 Å². The molecule has 1 N–H and O–H groups in total. The maximum atomic E-state index is 4.50. The third-order valence-corrected chi connectivity index (χ3v) is 3.32. The van der Waals surface area contributed by atoms with Crippen molar-refractivity contribution in [3.05, 3.63) is 29.6 Å². The van der Waals surface area contributed by atoms with Crippen molar-refractivity contribution >= 4 is 0 Å². The van der Waals surface area contributed by atoms with E-state index in [9.17, 15) is 0 Å². The number of pyridine rings is 1. The van der Waals surface area contributed by atoms with Crippen LogP contribution in [0.1, 0.15) is 62.7 Å². The van der Waals surface area contributed by atoms with Crippen molar-refractivity contribution in [3.63, 3.8) is 0 Å². The van der Waals surface area contributed by atoms with Gasteiger partial charge >= 0.3 is 0 Å². The Balaban J connectivity index is 2.41. The lowest BCUT2D eigenvalue weighted by molar-refractivity contribution is 0.490. The SMILES string of the molecule is CCCCCCCC(NC)c1ncccc1C. The number of nitrogens with one attached hydrogen (secondary N) is 1. The molecule has 1 rings (SSSR count). The molecule has 1 atom stereocenters. The fourth-order valence-corrected chi connectivity index (χ4v) is 2.23. The van der Waals surface area contributed by atoms with Gasteiger partial charge in [-0.2, -0.15) is 0 Å². The number of rotatable bonds is 8. The smallest absolute Gasteiger partial charge is 0.0602 e. The molecule has 96 valence electrons. The van der Waals surface area contributed by atoms with E-state index in [4.69, 9.17) is 0 Å². The summed E-state index contributed by atoms with van der Waals surface area (Å²) in [6.07, 6.45) is 9.77. The summed E-state index contributed by atoms with van der Waals surface area (Å²) in [5.74, 6) is 0. The van der Waals surface area contributed by atoms with Gasteiger partial charge in [0, 0.05) is 12.2 Å². The van der Waals surface area contributed by atoms with Crippen LogP contribution in [0.5, 0.6) is 0 Å². The van der Waals surface area contributed by atoms with E-state index in [0.717, 1.165) is 0 Å². The number of nitrogens with zero attached hydrogens (tertiary/aromatic N) is 1.